The van der Waals surface area contributed by atoms with Gasteiger partial charge in [0, 0.05) is 6.54 Å². The molecule has 0 aliphatic carbocycles. The minimum Gasteiger partial charge on any atom is -0.481 e. The molecule has 0 amide bonds. The molecule has 0 fully saturated rings. The molecule has 0 aliphatic rings. The van der Waals surface area contributed by atoms with Crippen LogP contribution in [0.4, 0.5) is 10.1 Å². The van der Waals surface area contributed by atoms with Crippen LogP contribution in [0.1, 0.15) is 6.42 Å². The van der Waals surface area contributed by atoms with Gasteiger partial charge >= 0.3 is 5.97 Å². The van der Waals surface area contributed by atoms with Crippen LogP contribution >= 0.6 is 0 Å². The van der Waals surface area contributed by atoms with Gasteiger partial charge in [-0.1, -0.05) is 12.1 Å². The van der Waals surface area contributed by atoms with Crippen LogP contribution in [0.15, 0.2) is 24.3 Å². The van der Waals surface area contributed by atoms with Crippen molar-refractivity contribution in [2.75, 3.05) is 18.0 Å². The monoisotopic (exact) mass is 222 g/mol. The van der Waals surface area contributed by atoms with Gasteiger partial charge < -0.3 is 10.0 Å². The summed E-state index contributed by atoms with van der Waals surface area (Å²) in [5, 5.41) is 17.1. The largest absolute Gasteiger partial charge is 0.481 e. The maximum atomic E-state index is 13.4. The first-order valence-electron chi connectivity index (χ1n) is 4.73. The summed E-state index contributed by atoms with van der Waals surface area (Å²) in [7, 11) is 0. The van der Waals surface area contributed by atoms with E-state index in [-0.39, 0.29) is 25.2 Å². The second-order valence-electron chi connectivity index (χ2n) is 3.17. The van der Waals surface area contributed by atoms with Gasteiger partial charge in [-0.25, -0.2) is 4.39 Å². The number of aliphatic carboxylic acids is 1. The Bertz CT molecular complexity index is 415. The van der Waals surface area contributed by atoms with E-state index in [4.69, 9.17) is 10.4 Å². The Kier molecular flexibility index (Phi) is 4.28. The minimum absolute atomic E-state index is 0.0335. The van der Waals surface area contributed by atoms with Crippen molar-refractivity contribution in [3.8, 4) is 6.07 Å². The van der Waals surface area contributed by atoms with Crippen molar-refractivity contribution < 1.29 is 14.3 Å². The van der Waals surface area contributed by atoms with E-state index in [1.807, 2.05) is 6.07 Å². The standard InChI is InChI=1S/C11H11FN2O2/c12-9-3-1-2-4-10(9)14(8-6-13)7-5-11(15)16/h1-4H,5,7-8H2,(H,15,16). The quantitative estimate of drug-likeness (QED) is 0.769. The van der Waals surface area contributed by atoms with Crippen LogP contribution in [0.5, 0.6) is 0 Å². The van der Waals surface area contributed by atoms with Crippen molar-refractivity contribution in [1.82, 2.24) is 0 Å². The third-order valence-corrected chi connectivity index (χ3v) is 2.05. The summed E-state index contributed by atoms with van der Waals surface area (Å²) in [5.74, 6) is -1.43. The molecule has 0 atom stereocenters. The normalized spacial score (nSPS) is 9.50. The zero-order chi connectivity index (χ0) is 12.0. The Morgan fingerprint density at radius 1 is 1.50 bits per heavy atom. The van der Waals surface area contributed by atoms with Gasteiger partial charge in [-0.3, -0.25) is 4.79 Å². The van der Waals surface area contributed by atoms with Gasteiger partial charge in [0.2, 0.25) is 0 Å². The zero-order valence-corrected chi connectivity index (χ0v) is 8.56. The average molecular weight is 222 g/mol. The molecule has 1 rings (SSSR count). The maximum Gasteiger partial charge on any atom is 0.305 e. The van der Waals surface area contributed by atoms with Gasteiger partial charge in [0.05, 0.1) is 18.2 Å². The fourth-order valence-corrected chi connectivity index (χ4v) is 1.31. The molecular formula is C11H11FN2O2. The Hall–Kier alpha value is -2.09. The molecule has 0 saturated carbocycles. The molecule has 5 heteroatoms. The summed E-state index contributed by atoms with van der Waals surface area (Å²) in [6.45, 7) is 0.0814. The summed E-state index contributed by atoms with van der Waals surface area (Å²) in [6, 6.07) is 7.87. The number of benzene rings is 1. The van der Waals surface area contributed by atoms with E-state index in [0.717, 1.165) is 0 Å². The second kappa shape index (κ2) is 5.71. The lowest BCUT2D eigenvalue weighted by Crippen LogP contribution is -2.27. The van der Waals surface area contributed by atoms with Crippen molar-refractivity contribution in [1.29, 1.82) is 5.26 Å². The van der Waals surface area contributed by atoms with E-state index in [2.05, 4.69) is 0 Å². The summed E-state index contributed by atoms with van der Waals surface area (Å²) in [4.78, 5) is 11.8. The smallest absolute Gasteiger partial charge is 0.305 e. The number of nitrogens with zero attached hydrogens (tertiary/aromatic N) is 2. The van der Waals surface area contributed by atoms with Crippen molar-refractivity contribution in [3.63, 3.8) is 0 Å². The number of rotatable bonds is 5. The molecule has 0 aliphatic heterocycles. The van der Waals surface area contributed by atoms with E-state index in [9.17, 15) is 9.18 Å². The van der Waals surface area contributed by atoms with Crippen molar-refractivity contribution in [3.05, 3.63) is 30.1 Å². The number of hydrogen-bond acceptors (Lipinski definition) is 3. The van der Waals surface area contributed by atoms with Crippen LogP contribution in [0.25, 0.3) is 0 Å². The Labute approximate surface area is 92.5 Å². The first kappa shape index (κ1) is 12.0. The van der Waals surface area contributed by atoms with Gasteiger partial charge in [0.1, 0.15) is 12.4 Å². The zero-order valence-electron chi connectivity index (χ0n) is 8.56. The highest BCUT2D eigenvalue weighted by Gasteiger charge is 2.11. The summed E-state index contributed by atoms with van der Waals surface area (Å²) >= 11 is 0. The van der Waals surface area contributed by atoms with Gasteiger partial charge in [0.15, 0.2) is 0 Å². The molecule has 0 aromatic heterocycles. The molecule has 1 N–H and O–H groups in total. The molecule has 84 valence electrons. The predicted octanol–water partition coefficient (Wildman–Crippen LogP) is 1.63. The van der Waals surface area contributed by atoms with Gasteiger partial charge in [0.25, 0.3) is 0 Å². The Morgan fingerprint density at radius 3 is 2.75 bits per heavy atom. The van der Waals surface area contributed by atoms with E-state index >= 15 is 0 Å². The molecular weight excluding hydrogens is 211 g/mol. The highest BCUT2D eigenvalue weighted by atomic mass is 19.1. The number of carbonyl (C=O) groups is 1. The first-order valence-corrected chi connectivity index (χ1v) is 4.73. The Balaban J connectivity index is 2.81. The number of hydrogen-bond donors (Lipinski definition) is 1. The maximum absolute atomic E-state index is 13.4. The van der Waals surface area contributed by atoms with Crippen molar-refractivity contribution >= 4 is 11.7 Å². The van der Waals surface area contributed by atoms with Gasteiger partial charge in [-0.15, -0.1) is 0 Å². The average Bonchev–Trinajstić information content (AvgIpc) is 2.25. The molecule has 4 nitrogen and oxygen atoms in total. The van der Waals surface area contributed by atoms with E-state index in [1.165, 1.54) is 17.0 Å². The van der Waals surface area contributed by atoms with Crippen LogP contribution < -0.4 is 4.90 Å². The minimum atomic E-state index is -0.973. The molecule has 1 aromatic rings. The third-order valence-electron chi connectivity index (χ3n) is 2.05. The van der Waals surface area contributed by atoms with Crippen LogP contribution in [0, 0.1) is 17.1 Å². The van der Waals surface area contributed by atoms with E-state index < -0.39 is 11.8 Å². The number of para-hydroxylation sites is 1. The number of carboxylic acids is 1. The highest BCUT2D eigenvalue weighted by molar-refractivity contribution is 5.67. The molecule has 0 bridgehead atoms. The lowest BCUT2D eigenvalue weighted by molar-refractivity contribution is -0.136. The SMILES string of the molecule is N#CCN(CCC(=O)O)c1ccccc1F. The van der Waals surface area contributed by atoms with Crippen LogP contribution in [-0.4, -0.2) is 24.2 Å². The fourth-order valence-electron chi connectivity index (χ4n) is 1.31. The molecule has 0 spiro atoms. The fraction of sp³-hybridized carbons (Fsp3) is 0.273. The van der Waals surface area contributed by atoms with Crippen LogP contribution in [0.3, 0.4) is 0 Å². The number of nitriles is 1. The number of carboxylic acid groups (broad SMARTS) is 1. The molecule has 16 heavy (non-hydrogen) atoms. The topological polar surface area (TPSA) is 64.3 Å². The summed E-state index contributed by atoms with van der Waals surface area (Å²) < 4.78 is 13.4. The van der Waals surface area contributed by atoms with Crippen LogP contribution in [-0.2, 0) is 4.79 Å². The Morgan fingerprint density at radius 2 is 2.19 bits per heavy atom. The van der Waals surface area contributed by atoms with E-state index in [1.54, 1.807) is 12.1 Å². The first-order chi connectivity index (χ1) is 7.65. The van der Waals surface area contributed by atoms with Crippen molar-refractivity contribution in [2.45, 2.75) is 6.42 Å². The number of anilines is 1. The molecule has 0 heterocycles. The van der Waals surface area contributed by atoms with Gasteiger partial charge in [-0.2, -0.15) is 5.26 Å². The molecule has 0 saturated heterocycles. The highest BCUT2D eigenvalue weighted by Crippen LogP contribution is 2.18. The number of halogens is 1. The molecule has 1 aromatic carbocycles. The predicted molar refractivity (Wildman–Crippen MR) is 56.5 cm³/mol. The second-order valence-corrected chi connectivity index (χ2v) is 3.17. The molecule has 0 unspecified atom stereocenters. The lowest BCUT2D eigenvalue weighted by Gasteiger charge is -2.21. The van der Waals surface area contributed by atoms with Crippen molar-refractivity contribution in [2.24, 2.45) is 0 Å². The molecule has 0 radical (unpaired) electrons. The third kappa shape index (κ3) is 3.24. The van der Waals surface area contributed by atoms with Crippen LogP contribution in [0.2, 0.25) is 0 Å². The lowest BCUT2D eigenvalue weighted by atomic mass is 10.2. The van der Waals surface area contributed by atoms with E-state index in [0.29, 0.717) is 0 Å². The van der Waals surface area contributed by atoms with Gasteiger partial charge in [-0.05, 0) is 12.1 Å². The summed E-state index contributed by atoms with van der Waals surface area (Å²) in [5.41, 5.74) is 0.255. The summed E-state index contributed by atoms with van der Waals surface area (Å²) in [6.07, 6.45) is -0.129.